The van der Waals surface area contributed by atoms with Gasteiger partial charge in [-0.05, 0) is 50.0 Å². The number of nitrogens with zero attached hydrogens (tertiary/aromatic N) is 1. The predicted molar refractivity (Wildman–Crippen MR) is 65.7 cm³/mol. The van der Waals surface area contributed by atoms with Crippen LogP contribution < -0.4 is 10.2 Å². The van der Waals surface area contributed by atoms with Crippen molar-refractivity contribution in [2.45, 2.75) is 19.3 Å². The number of aryl methyl sites for hydroxylation is 1. The fourth-order valence-corrected chi connectivity index (χ4v) is 2.26. The van der Waals surface area contributed by atoms with Crippen LogP contribution in [0, 0.1) is 0 Å². The van der Waals surface area contributed by atoms with Crippen LogP contribution in [0.3, 0.4) is 0 Å². The molecule has 0 fully saturated rings. The molecule has 0 bridgehead atoms. The third kappa shape index (κ3) is 2.32. The molecule has 2 nitrogen and oxygen atoms in total. The highest BCUT2D eigenvalue weighted by Crippen LogP contribution is 2.26. The summed E-state index contributed by atoms with van der Waals surface area (Å²) < 4.78 is 0. The molecule has 2 rings (SSSR count). The molecule has 2 heteroatoms. The quantitative estimate of drug-likeness (QED) is 0.808. The fourth-order valence-electron chi connectivity index (χ4n) is 2.26. The van der Waals surface area contributed by atoms with Gasteiger partial charge in [-0.2, -0.15) is 0 Å². The Balaban J connectivity index is 2.18. The van der Waals surface area contributed by atoms with E-state index in [0.29, 0.717) is 0 Å². The minimum Gasteiger partial charge on any atom is -0.374 e. The van der Waals surface area contributed by atoms with Crippen LogP contribution in [0.4, 0.5) is 5.69 Å². The molecule has 15 heavy (non-hydrogen) atoms. The minimum absolute atomic E-state index is 1.06. The second-order valence-electron chi connectivity index (χ2n) is 4.34. The van der Waals surface area contributed by atoms with Crippen LogP contribution in [-0.2, 0) is 12.8 Å². The fraction of sp³-hybridized carbons (Fsp3) is 0.538. The van der Waals surface area contributed by atoms with Gasteiger partial charge < -0.3 is 10.2 Å². The number of hydrogen-bond donors (Lipinski definition) is 1. The number of nitrogens with one attached hydrogen (secondary N) is 1. The number of benzene rings is 1. The van der Waals surface area contributed by atoms with Crippen LogP contribution in [0.25, 0.3) is 0 Å². The summed E-state index contributed by atoms with van der Waals surface area (Å²) in [6.45, 7) is 2.26. The summed E-state index contributed by atoms with van der Waals surface area (Å²) in [5.41, 5.74) is 4.41. The monoisotopic (exact) mass is 204 g/mol. The number of likely N-dealkylation sites (N-methyl/N-ethyl adjacent to an activating group) is 1. The molecule has 0 spiro atoms. The molecule has 82 valence electrons. The number of fused-ring (bicyclic) bond motifs is 1. The van der Waals surface area contributed by atoms with Gasteiger partial charge in [0.25, 0.3) is 0 Å². The van der Waals surface area contributed by atoms with E-state index in [2.05, 4.69) is 35.5 Å². The van der Waals surface area contributed by atoms with Crippen molar-refractivity contribution in [2.75, 3.05) is 32.1 Å². The molecule has 0 aromatic heterocycles. The molecule has 1 aromatic carbocycles. The third-order valence-corrected chi connectivity index (χ3v) is 3.16. The van der Waals surface area contributed by atoms with Crippen molar-refractivity contribution >= 4 is 5.69 Å². The van der Waals surface area contributed by atoms with Crippen molar-refractivity contribution in [3.05, 3.63) is 29.3 Å². The molecule has 0 saturated carbocycles. The van der Waals surface area contributed by atoms with E-state index in [1.165, 1.54) is 36.2 Å². The average molecular weight is 204 g/mol. The highest BCUT2D eigenvalue weighted by Gasteiger charge is 2.13. The zero-order valence-electron chi connectivity index (χ0n) is 9.71. The first kappa shape index (κ1) is 10.5. The van der Waals surface area contributed by atoms with Crippen LogP contribution in [0.1, 0.15) is 17.5 Å². The highest BCUT2D eigenvalue weighted by atomic mass is 15.1. The molecule has 1 N–H and O–H groups in total. The van der Waals surface area contributed by atoms with E-state index in [1.54, 1.807) is 0 Å². The molecule has 1 aromatic rings. The minimum atomic E-state index is 1.06. The molecule has 0 atom stereocenters. The van der Waals surface area contributed by atoms with Crippen molar-refractivity contribution < 1.29 is 0 Å². The molecule has 0 radical (unpaired) electrons. The summed E-state index contributed by atoms with van der Waals surface area (Å²) in [6, 6.07) is 6.92. The molecule has 1 aliphatic heterocycles. The Morgan fingerprint density at radius 3 is 3.07 bits per heavy atom. The van der Waals surface area contributed by atoms with Crippen molar-refractivity contribution in [1.29, 1.82) is 0 Å². The first-order chi connectivity index (χ1) is 7.31. The smallest absolute Gasteiger partial charge is 0.0396 e. The van der Waals surface area contributed by atoms with Gasteiger partial charge in [0.15, 0.2) is 0 Å². The molecule has 1 aliphatic rings. The van der Waals surface area contributed by atoms with Crippen molar-refractivity contribution in [3.63, 3.8) is 0 Å². The number of rotatable bonds is 3. The Hall–Kier alpha value is -1.02. The normalized spacial score (nSPS) is 15.2. The second-order valence-corrected chi connectivity index (χ2v) is 4.34. The number of hydrogen-bond acceptors (Lipinski definition) is 2. The van der Waals surface area contributed by atoms with Crippen LogP contribution in [-0.4, -0.2) is 27.2 Å². The molecule has 0 aliphatic carbocycles. The lowest BCUT2D eigenvalue weighted by atomic mass is 9.98. The number of anilines is 1. The van der Waals surface area contributed by atoms with Crippen LogP contribution in [0.2, 0.25) is 0 Å². The van der Waals surface area contributed by atoms with E-state index in [0.717, 1.165) is 13.0 Å². The Morgan fingerprint density at radius 1 is 1.40 bits per heavy atom. The summed E-state index contributed by atoms with van der Waals surface area (Å²) in [5, 5.41) is 3.19. The van der Waals surface area contributed by atoms with Crippen molar-refractivity contribution in [3.8, 4) is 0 Å². The van der Waals surface area contributed by atoms with E-state index in [9.17, 15) is 0 Å². The molecular formula is C13H20N2. The van der Waals surface area contributed by atoms with Gasteiger partial charge in [-0.3, -0.25) is 0 Å². The topological polar surface area (TPSA) is 15.3 Å². The summed E-state index contributed by atoms with van der Waals surface area (Å²) >= 11 is 0. The Kier molecular flexibility index (Phi) is 3.27. The van der Waals surface area contributed by atoms with Gasteiger partial charge in [0.2, 0.25) is 0 Å². The summed E-state index contributed by atoms with van der Waals surface area (Å²) in [6.07, 6.45) is 3.67. The Labute approximate surface area is 92.3 Å². The predicted octanol–water partition coefficient (Wildman–Crippen LogP) is 1.83. The first-order valence-electron chi connectivity index (χ1n) is 5.79. The van der Waals surface area contributed by atoms with E-state index in [-0.39, 0.29) is 0 Å². The van der Waals surface area contributed by atoms with Crippen LogP contribution >= 0.6 is 0 Å². The van der Waals surface area contributed by atoms with Crippen molar-refractivity contribution in [1.82, 2.24) is 5.32 Å². The Bertz CT molecular complexity index is 333. The molecule has 0 amide bonds. The van der Waals surface area contributed by atoms with Gasteiger partial charge in [-0.25, -0.2) is 0 Å². The average Bonchev–Trinajstić information content (AvgIpc) is 2.26. The third-order valence-electron chi connectivity index (χ3n) is 3.16. The lowest BCUT2D eigenvalue weighted by Gasteiger charge is -2.27. The van der Waals surface area contributed by atoms with E-state index < -0.39 is 0 Å². The molecular weight excluding hydrogens is 184 g/mol. The second kappa shape index (κ2) is 4.67. The lowest BCUT2D eigenvalue weighted by Crippen LogP contribution is -2.24. The molecule has 0 saturated heterocycles. The first-order valence-corrected chi connectivity index (χ1v) is 5.79. The van der Waals surface area contributed by atoms with Crippen molar-refractivity contribution in [2.24, 2.45) is 0 Å². The maximum atomic E-state index is 3.19. The van der Waals surface area contributed by atoms with Gasteiger partial charge >= 0.3 is 0 Å². The highest BCUT2D eigenvalue weighted by molar-refractivity contribution is 5.56. The van der Waals surface area contributed by atoms with Gasteiger partial charge in [-0.1, -0.05) is 12.1 Å². The van der Waals surface area contributed by atoms with Gasteiger partial charge in [-0.15, -0.1) is 0 Å². The van der Waals surface area contributed by atoms with E-state index >= 15 is 0 Å². The van der Waals surface area contributed by atoms with Gasteiger partial charge in [0, 0.05) is 19.3 Å². The summed E-state index contributed by atoms with van der Waals surface area (Å²) in [7, 11) is 4.19. The van der Waals surface area contributed by atoms with Crippen LogP contribution in [0.5, 0.6) is 0 Å². The van der Waals surface area contributed by atoms with Crippen LogP contribution in [0.15, 0.2) is 18.2 Å². The summed E-state index contributed by atoms with van der Waals surface area (Å²) in [5.74, 6) is 0. The van der Waals surface area contributed by atoms with Gasteiger partial charge in [0.05, 0.1) is 0 Å². The summed E-state index contributed by atoms with van der Waals surface area (Å²) in [4.78, 5) is 2.36. The maximum absolute atomic E-state index is 3.19. The van der Waals surface area contributed by atoms with E-state index in [1.807, 2.05) is 7.05 Å². The Morgan fingerprint density at radius 2 is 2.27 bits per heavy atom. The molecule has 0 unspecified atom stereocenters. The SMILES string of the molecule is CNCCc1ccc2c(c1)CCCN2C. The largest absolute Gasteiger partial charge is 0.374 e. The zero-order chi connectivity index (χ0) is 10.7. The van der Waals surface area contributed by atoms with Gasteiger partial charge in [0.1, 0.15) is 0 Å². The maximum Gasteiger partial charge on any atom is 0.0396 e. The standard InChI is InChI=1S/C13H20N2/c1-14-8-7-11-5-6-13-12(10-11)4-3-9-15(13)2/h5-6,10,14H,3-4,7-9H2,1-2H3. The lowest BCUT2D eigenvalue weighted by molar-refractivity contribution is 0.739. The molecule has 1 heterocycles. The van der Waals surface area contributed by atoms with E-state index in [4.69, 9.17) is 0 Å². The zero-order valence-corrected chi connectivity index (χ0v) is 9.71.